The normalized spacial score (nSPS) is 9.65. The molecule has 3 rings (SSSR count). The molecule has 26 heavy (non-hydrogen) atoms. The molecule has 1 N–H and O–H groups in total. The van der Waals surface area contributed by atoms with Crippen molar-refractivity contribution < 1.29 is 13.9 Å². The van der Waals surface area contributed by atoms with Crippen molar-refractivity contribution in [2.45, 2.75) is 6.92 Å². The molecule has 1 aromatic heterocycles. The summed E-state index contributed by atoms with van der Waals surface area (Å²) in [6, 6.07) is 19.2. The minimum absolute atomic E-state index is 0.158. The van der Waals surface area contributed by atoms with Crippen molar-refractivity contribution in [2.24, 2.45) is 0 Å². The van der Waals surface area contributed by atoms with Crippen LogP contribution in [0, 0.1) is 5.82 Å². The van der Waals surface area contributed by atoms with Gasteiger partial charge in [-0.25, -0.2) is 4.39 Å². The molecule has 0 spiro atoms. The number of carbonyl (C=O) groups excluding carboxylic acids is 1. The van der Waals surface area contributed by atoms with Gasteiger partial charge in [0, 0.05) is 23.9 Å². The molecule has 0 aliphatic carbocycles. The van der Waals surface area contributed by atoms with Crippen molar-refractivity contribution in [3.8, 4) is 16.9 Å². The highest BCUT2D eigenvalue weighted by Gasteiger charge is 2.08. The highest BCUT2D eigenvalue weighted by atomic mass is 19.1. The summed E-state index contributed by atoms with van der Waals surface area (Å²) >= 11 is 0. The Bertz CT molecular complexity index is 821. The molecule has 1 amide bonds. The van der Waals surface area contributed by atoms with Crippen molar-refractivity contribution in [3.63, 3.8) is 0 Å². The van der Waals surface area contributed by atoms with E-state index in [9.17, 15) is 9.18 Å². The van der Waals surface area contributed by atoms with Gasteiger partial charge in [0.25, 0.3) is 5.91 Å². The first-order chi connectivity index (χ1) is 12.7. The van der Waals surface area contributed by atoms with Crippen LogP contribution >= 0.6 is 0 Å². The summed E-state index contributed by atoms with van der Waals surface area (Å²) in [6.07, 6.45) is 1.68. The summed E-state index contributed by atoms with van der Waals surface area (Å²) in [6.45, 7) is 2.47. The Kier molecular flexibility index (Phi) is 7.31. The fourth-order valence-electron chi connectivity index (χ4n) is 2.24. The molecule has 2 aromatic carbocycles. The predicted octanol–water partition coefficient (Wildman–Crippen LogP) is 4.33. The summed E-state index contributed by atoms with van der Waals surface area (Å²) < 4.78 is 17.2. The molecule has 0 atom stereocenters. The lowest BCUT2D eigenvalue weighted by atomic mass is 10.1. The van der Waals surface area contributed by atoms with Crippen LogP contribution in [-0.4, -0.2) is 24.5 Å². The van der Waals surface area contributed by atoms with Crippen molar-refractivity contribution in [3.05, 3.63) is 84.4 Å². The summed E-state index contributed by atoms with van der Waals surface area (Å²) in [4.78, 5) is 15.8. The number of methoxy groups -OCH3 is 1. The molecule has 0 saturated carbocycles. The minimum Gasteiger partial charge on any atom is -0.496 e. The van der Waals surface area contributed by atoms with Gasteiger partial charge in [-0.1, -0.05) is 42.5 Å². The summed E-state index contributed by atoms with van der Waals surface area (Å²) in [5.41, 5.74) is 2.30. The van der Waals surface area contributed by atoms with E-state index in [-0.39, 0.29) is 11.7 Å². The zero-order valence-corrected chi connectivity index (χ0v) is 14.8. The molecular formula is C21H21FN2O2. The topological polar surface area (TPSA) is 51.2 Å². The van der Waals surface area contributed by atoms with Crippen LogP contribution in [-0.2, 0) is 0 Å². The van der Waals surface area contributed by atoms with Gasteiger partial charge >= 0.3 is 0 Å². The number of aromatic nitrogens is 1. The number of benzene rings is 2. The van der Waals surface area contributed by atoms with Gasteiger partial charge in [0.1, 0.15) is 17.3 Å². The Morgan fingerprint density at radius 1 is 1.04 bits per heavy atom. The average molecular weight is 352 g/mol. The number of halogens is 1. The van der Waals surface area contributed by atoms with Crippen molar-refractivity contribution in [1.29, 1.82) is 0 Å². The average Bonchev–Trinajstić information content (AvgIpc) is 2.69. The third-order valence-electron chi connectivity index (χ3n) is 3.48. The Morgan fingerprint density at radius 3 is 2.27 bits per heavy atom. The van der Waals surface area contributed by atoms with E-state index in [4.69, 9.17) is 4.74 Å². The summed E-state index contributed by atoms with van der Waals surface area (Å²) in [5, 5.41) is 2.72. The number of rotatable bonds is 4. The Hall–Kier alpha value is -3.21. The fraction of sp³-hybridized carbons (Fsp3) is 0.143. The first kappa shape index (κ1) is 19.1. The first-order valence-electron chi connectivity index (χ1n) is 8.24. The maximum atomic E-state index is 11.9. The molecule has 0 unspecified atom stereocenters. The second kappa shape index (κ2) is 9.93. The molecule has 5 heteroatoms. The van der Waals surface area contributed by atoms with Crippen LogP contribution in [0.5, 0.6) is 5.75 Å². The second-order valence-corrected chi connectivity index (χ2v) is 5.29. The van der Waals surface area contributed by atoms with Gasteiger partial charge in [0.15, 0.2) is 0 Å². The van der Waals surface area contributed by atoms with Crippen LogP contribution in [0.25, 0.3) is 11.1 Å². The van der Waals surface area contributed by atoms with Crippen LogP contribution in [0.4, 0.5) is 4.39 Å². The molecule has 3 aromatic rings. The van der Waals surface area contributed by atoms with Crippen molar-refractivity contribution in [2.75, 3.05) is 13.7 Å². The van der Waals surface area contributed by atoms with Crippen molar-refractivity contribution >= 4 is 5.91 Å². The zero-order chi connectivity index (χ0) is 18.8. The smallest absolute Gasteiger partial charge is 0.269 e. The molecule has 0 aliphatic rings. The summed E-state index contributed by atoms with van der Waals surface area (Å²) in [5.74, 6) is 0.451. The number of ether oxygens (including phenoxy) is 1. The maximum Gasteiger partial charge on any atom is 0.269 e. The molecule has 0 radical (unpaired) electrons. The number of amides is 1. The number of pyridine rings is 1. The maximum absolute atomic E-state index is 11.9. The van der Waals surface area contributed by atoms with E-state index in [1.807, 2.05) is 37.3 Å². The van der Waals surface area contributed by atoms with E-state index in [1.54, 1.807) is 37.6 Å². The molecule has 0 saturated heterocycles. The van der Waals surface area contributed by atoms with E-state index >= 15 is 0 Å². The van der Waals surface area contributed by atoms with E-state index in [1.165, 1.54) is 12.1 Å². The van der Waals surface area contributed by atoms with E-state index in [0.717, 1.165) is 16.9 Å². The third-order valence-corrected chi connectivity index (χ3v) is 3.48. The molecule has 0 fully saturated rings. The van der Waals surface area contributed by atoms with Crippen LogP contribution in [0.3, 0.4) is 0 Å². The number of nitrogens with one attached hydrogen (secondary N) is 1. The SMILES string of the molecule is CCNC(=O)c1ccc(-c2ccccc2OC)cn1.Fc1ccccc1. The zero-order valence-electron chi connectivity index (χ0n) is 14.8. The Morgan fingerprint density at radius 2 is 1.73 bits per heavy atom. The number of carbonyl (C=O) groups is 1. The van der Waals surface area contributed by atoms with Gasteiger partial charge in [-0.15, -0.1) is 0 Å². The van der Waals surface area contributed by atoms with Crippen LogP contribution < -0.4 is 10.1 Å². The van der Waals surface area contributed by atoms with Gasteiger partial charge in [0.2, 0.25) is 0 Å². The molecule has 4 nitrogen and oxygen atoms in total. The highest BCUT2D eigenvalue weighted by Crippen LogP contribution is 2.28. The van der Waals surface area contributed by atoms with Gasteiger partial charge in [-0.2, -0.15) is 0 Å². The summed E-state index contributed by atoms with van der Waals surface area (Å²) in [7, 11) is 1.63. The van der Waals surface area contributed by atoms with E-state index < -0.39 is 0 Å². The van der Waals surface area contributed by atoms with Gasteiger partial charge in [-0.05, 0) is 31.2 Å². The molecule has 0 bridgehead atoms. The van der Waals surface area contributed by atoms with Crippen LogP contribution in [0.1, 0.15) is 17.4 Å². The Balaban J connectivity index is 0.000000290. The molecular weight excluding hydrogens is 331 g/mol. The van der Waals surface area contributed by atoms with E-state index in [0.29, 0.717) is 12.2 Å². The molecule has 134 valence electrons. The number of para-hydroxylation sites is 1. The quantitative estimate of drug-likeness (QED) is 0.760. The van der Waals surface area contributed by atoms with Gasteiger partial charge < -0.3 is 10.1 Å². The third kappa shape index (κ3) is 5.41. The molecule has 0 aliphatic heterocycles. The lowest BCUT2D eigenvalue weighted by molar-refractivity contribution is 0.0951. The number of hydrogen-bond donors (Lipinski definition) is 1. The first-order valence-corrected chi connectivity index (χ1v) is 8.24. The number of nitrogens with zero attached hydrogens (tertiary/aromatic N) is 1. The highest BCUT2D eigenvalue weighted by molar-refractivity contribution is 5.92. The second-order valence-electron chi connectivity index (χ2n) is 5.29. The van der Waals surface area contributed by atoms with E-state index in [2.05, 4.69) is 10.3 Å². The fourth-order valence-corrected chi connectivity index (χ4v) is 2.24. The largest absolute Gasteiger partial charge is 0.496 e. The van der Waals surface area contributed by atoms with Crippen LogP contribution in [0.2, 0.25) is 0 Å². The lowest BCUT2D eigenvalue weighted by Crippen LogP contribution is -2.23. The molecule has 1 heterocycles. The van der Waals surface area contributed by atoms with Gasteiger partial charge in [0.05, 0.1) is 7.11 Å². The predicted molar refractivity (Wildman–Crippen MR) is 101 cm³/mol. The lowest BCUT2D eigenvalue weighted by Gasteiger charge is -2.08. The van der Waals surface area contributed by atoms with Crippen LogP contribution in [0.15, 0.2) is 72.9 Å². The number of hydrogen-bond acceptors (Lipinski definition) is 3. The Labute approximate surface area is 152 Å². The van der Waals surface area contributed by atoms with Crippen molar-refractivity contribution in [1.82, 2.24) is 10.3 Å². The minimum atomic E-state index is -0.178. The standard InChI is InChI=1S/C15H16N2O2.C6H5F/c1-3-16-15(18)13-9-8-11(10-17-13)12-6-4-5-7-14(12)19-2;7-6-4-2-1-3-5-6/h4-10H,3H2,1-2H3,(H,16,18);1-5H. The monoisotopic (exact) mass is 352 g/mol. The van der Waals surface area contributed by atoms with Gasteiger partial charge in [-0.3, -0.25) is 9.78 Å².